The number of likely N-dealkylation sites (N-methyl/N-ethyl adjacent to an activating group) is 2. The molecule has 0 spiro atoms. The van der Waals surface area contributed by atoms with Crippen LogP contribution >= 0.6 is 11.3 Å². The maximum Gasteiger partial charge on any atom is 0.243 e. The molecule has 21 heavy (non-hydrogen) atoms. The van der Waals surface area contributed by atoms with Gasteiger partial charge in [-0.25, -0.2) is 8.42 Å². The van der Waals surface area contributed by atoms with Crippen molar-refractivity contribution >= 4 is 21.4 Å². The van der Waals surface area contributed by atoms with Crippen molar-refractivity contribution in [3.63, 3.8) is 0 Å². The summed E-state index contributed by atoms with van der Waals surface area (Å²) in [5, 5.41) is 9.17. The first kappa shape index (κ1) is 16.9. The minimum Gasteiger partial charge on any atom is -0.391 e. The Labute approximate surface area is 131 Å². The van der Waals surface area contributed by atoms with Crippen molar-refractivity contribution in [1.82, 2.24) is 9.21 Å². The van der Waals surface area contributed by atoms with Crippen LogP contribution in [0.2, 0.25) is 0 Å². The fraction of sp³-hybridized carbons (Fsp3) is 0.714. The zero-order chi connectivity index (χ0) is 15.6. The third kappa shape index (κ3) is 3.48. The zero-order valence-electron chi connectivity index (χ0n) is 12.9. The molecule has 1 saturated heterocycles. The normalized spacial score (nSPS) is 20.5. The highest BCUT2D eigenvalue weighted by atomic mass is 32.2. The van der Waals surface area contributed by atoms with E-state index in [9.17, 15) is 13.5 Å². The SMILES string of the molecule is CCN1CCCC1CN(C)S(=O)(=O)c1cc(CO)sc1C. The molecule has 0 bridgehead atoms. The molecule has 0 radical (unpaired) electrons. The maximum atomic E-state index is 12.7. The number of aliphatic hydroxyl groups excluding tert-OH is 1. The van der Waals surface area contributed by atoms with Crippen LogP contribution in [-0.4, -0.2) is 55.5 Å². The lowest BCUT2D eigenvalue weighted by molar-refractivity contribution is 0.237. The predicted molar refractivity (Wildman–Crippen MR) is 85.1 cm³/mol. The van der Waals surface area contributed by atoms with Crippen molar-refractivity contribution in [2.45, 2.75) is 44.2 Å². The van der Waals surface area contributed by atoms with Gasteiger partial charge in [0.05, 0.1) is 11.5 Å². The Hall–Kier alpha value is -0.470. The predicted octanol–water partition coefficient (Wildman–Crippen LogP) is 1.65. The number of likely N-dealkylation sites (tertiary alicyclic amines) is 1. The fourth-order valence-corrected chi connectivity index (χ4v) is 5.61. The average molecular weight is 332 g/mol. The lowest BCUT2D eigenvalue weighted by Crippen LogP contribution is -2.41. The number of hydrogen-bond donors (Lipinski definition) is 1. The Bertz CT molecular complexity index is 583. The van der Waals surface area contributed by atoms with E-state index in [1.165, 1.54) is 15.6 Å². The van der Waals surface area contributed by atoms with Gasteiger partial charge in [0.2, 0.25) is 10.0 Å². The summed E-state index contributed by atoms with van der Waals surface area (Å²) < 4.78 is 26.9. The molecule has 7 heteroatoms. The van der Waals surface area contributed by atoms with Gasteiger partial charge in [-0.3, -0.25) is 4.90 Å². The van der Waals surface area contributed by atoms with E-state index in [4.69, 9.17) is 0 Å². The molecule has 0 aliphatic carbocycles. The van der Waals surface area contributed by atoms with Crippen molar-refractivity contribution < 1.29 is 13.5 Å². The second-order valence-corrected chi connectivity index (χ2v) is 8.86. The van der Waals surface area contributed by atoms with Gasteiger partial charge in [-0.2, -0.15) is 4.31 Å². The number of aryl methyl sites for hydroxylation is 1. The Kier molecular flexibility index (Phi) is 5.43. The summed E-state index contributed by atoms with van der Waals surface area (Å²) >= 11 is 1.34. The molecule has 1 unspecified atom stereocenters. The van der Waals surface area contributed by atoms with Crippen LogP contribution < -0.4 is 0 Å². The minimum absolute atomic E-state index is 0.114. The van der Waals surface area contributed by atoms with Gasteiger partial charge in [0, 0.05) is 29.4 Å². The van der Waals surface area contributed by atoms with Crippen LogP contribution in [0.1, 0.15) is 29.5 Å². The number of aliphatic hydroxyl groups is 1. The van der Waals surface area contributed by atoms with E-state index in [0.717, 1.165) is 30.8 Å². The Morgan fingerprint density at radius 2 is 2.24 bits per heavy atom. The largest absolute Gasteiger partial charge is 0.391 e. The molecule has 120 valence electrons. The van der Waals surface area contributed by atoms with E-state index in [2.05, 4.69) is 11.8 Å². The number of sulfonamides is 1. The Morgan fingerprint density at radius 1 is 1.52 bits per heavy atom. The monoisotopic (exact) mass is 332 g/mol. The highest BCUT2D eigenvalue weighted by molar-refractivity contribution is 7.89. The van der Waals surface area contributed by atoms with E-state index in [1.54, 1.807) is 20.0 Å². The molecule has 0 aromatic carbocycles. The van der Waals surface area contributed by atoms with Crippen LogP contribution in [0, 0.1) is 6.92 Å². The molecule has 1 N–H and O–H groups in total. The number of hydrogen-bond acceptors (Lipinski definition) is 5. The van der Waals surface area contributed by atoms with Gasteiger partial charge in [0.25, 0.3) is 0 Å². The van der Waals surface area contributed by atoms with Crippen LogP contribution in [0.5, 0.6) is 0 Å². The standard InChI is InChI=1S/C14H24N2O3S2/c1-4-16-7-5-6-12(16)9-15(3)21(18,19)14-8-13(10-17)20-11(14)2/h8,12,17H,4-7,9-10H2,1-3H3. The number of thiophene rings is 1. The molecule has 1 aliphatic heterocycles. The summed E-state index contributed by atoms with van der Waals surface area (Å²) in [5.74, 6) is 0. The highest BCUT2D eigenvalue weighted by Gasteiger charge is 2.30. The van der Waals surface area contributed by atoms with Gasteiger partial charge in [-0.05, 0) is 38.9 Å². The summed E-state index contributed by atoms with van der Waals surface area (Å²) in [6.45, 7) is 6.34. The first-order valence-corrected chi connectivity index (χ1v) is 9.56. The second kappa shape index (κ2) is 6.75. The molecule has 0 amide bonds. The molecule has 0 saturated carbocycles. The molecule has 1 aliphatic rings. The lowest BCUT2D eigenvalue weighted by atomic mass is 10.2. The topological polar surface area (TPSA) is 60.9 Å². The van der Waals surface area contributed by atoms with Crippen molar-refractivity contribution in [2.24, 2.45) is 0 Å². The quantitative estimate of drug-likeness (QED) is 0.860. The molecule has 1 aromatic heterocycles. The van der Waals surface area contributed by atoms with Gasteiger partial charge in [-0.1, -0.05) is 6.92 Å². The van der Waals surface area contributed by atoms with Crippen LogP contribution in [0.15, 0.2) is 11.0 Å². The van der Waals surface area contributed by atoms with Gasteiger partial charge in [0.1, 0.15) is 0 Å². The Morgan fingerprint density at radius 3 is 2.81 bits per heavy atom. The van der Waals surface area contributed by atoms with Crippen molar-refractivity contribution in [3.05, 3.63) is 15.8 Å². The molecule has 5 nitrogen and oxygen atoms in total. The first-order chi connectivity index (χ1) is 9.90. The van der Waals surface area contributed by atoms with Gasteiger partial charge >= 0.3 is 0 Å². The fourth-order valence-electron chi connectivity index (χ4n) is 2.94. The summed E-state index contributed by atoms with van der Waals surface area (Å²) in [6, 6.07) is 1.91. The van der Waals surface area contributed by atoms with Crippen molar-refractivity contribution in [1.29, 1.82) is 0 Å². The molecular formula is C14H24N2O3S2. The zero-order valence-corrected chi connectivity index (χ0v) is 14.5. The third-order valence-electron chi connectivity index (χ3n) is 4.14. The lowest BCUT2D eigenvalue weighted by Gasteiger charge is -2.27. The average Bonchev–Trinajstić information content (AvgIpc) is 3.04. The number of rotatable bonds is 6. The highest BCUT2D eigenvalue weighted by Crippen LogP contribution is 2.28. The summed E-state index contributed by atoms with van der Waals surface area (Å²) in [7, 11) is -1.82. The molecular weight excluding hydrogens is 308 g/mol. The molecule has 1 atom stereocenters. The van der Waals surface area contributed by atoms with Gasteiger partial charge < -0.3 is 5.11 Å². The number of nitrogens with zero attached hydrogens (tertiary/aromatic N) is 2. The van der Waals surface area contributed by atoms with E-state index >= 15 is 0 Å². The smallest absolute Gasteiger partial charge is 0.243 e. The van der Waals surface area contributed by atoms with Crippen LogP contribution in [0.25, 0.3) is 0 Å². The molecule has 2 heterocycles. The third-order valence-corrected chi connectivity index (χ3v) is 7.25. The van der Waals surface area contributed by atoms with E-state index in [-0.39, 0.29) is 6.61 Å². The maximum absolute atomic E-state index is 12.7. The summed E-state index contributed by atoms with van der Waals surface area (Å²) in [6.07, 6.45) is 2.19. The summed E-state index contributed by atoms with van der Waals surface area (Å²) in [5.41, 5.74) is 0. The van der Waals surface area contributed by atoms with Crippen molar-refractivity contribution in [2.75, 3.05) is 26.7 Å². The summed E-state index contributed by atoms with van der Waals surface area (Å²) in [4.78, 5) is 4.10. The van der Waals surface area contributed by atoms with E-state index < -0.39 is 10.0 Å². The minimum atomic E-state index is -3.47. The Balaban J connectivity index is 2.16. The van der Waals surface area contributed by atoms with Gasteiger partial charge in [-0.15, -0.1) is 11.3 Å². The van der Waals surface area contributed by atoms with Crippen molar-refractivity contribution in [3.8, 4) is 0 Å². The van der Waals surface area contributed by atoms with Crippen LogP contribution in [0.4, 0.5) is 0 Å². The van der Waals surface area contributed by atoms with Crippen LogP contribution in [0.3, 0.4) is 0 Å². The molecule has 2 rings (SSSR count). The first-order valence-electron chi connectivity index (χ1n) is 7.30. The van der Waals surface area contributed by atoms with Gasteiger partial charge in [0.15, 0.2) is 0 Å². The second-order valence-electron chi connectivity index (χ2n) is 5.50. The van der Waals surface area contributed by atoms with E-state index in [1.807, 2.05) is 0 Å². The van der Waals surface area contributed by atoms with Crippen LogP contribution in [-0.2, 0) is 16.6 Å². The van der Waals surface area contributed by atoms with E-state index in [0.29, 0.717) is 22.4 Å². The molecule has 1 fully saturated rings. The molecule has 1 aromatic rings.